The van der Waals surface area contributed by atoms with Crippen LogP contribution in [0.3, 0.4) is 0 Å². The van der Waals surface area contributed by atoms with Crippen molar-refractivity contribution < 1.29 is 14.1 Å². The lowest BCUT2D eigenvalue weighted by Gasteiger charge is -2.32. The van der Waals surface area contributed by atoms with Crippen molar-refractivity contribution >= 4 is 52.1 Å². The van der Waals surface area contributed by atoms with Crippen LogP contribution in [0.25, 0.3) is 22.6 Å². The second-order valence-electron chi connectivity index (χ2n) is 6.57. The van der Waals surface area contributed by atoms with Crippen LogP contribution in [0.4, 0.5) is 11.4 Å². The molecule has 3 heterocycles. The lowest BCUT2D eigenvalue weighted by molar-refractivity contribution is -0.114. The third kappa shape index (κ3) is 4.70. The van der Waals surface area contributed by atoms with E-state index in [0.29, 0.717) is 30.3 Å². The summed E-state index contributed by atoms with van der Waals surface area (Å²) in [6.45, 7) is 1.83. The van der Waals surface area contributed by atoms with Crippen LogP contribution < -0.4 is 10.2 Å². The van der Waals surface area contributed by atoms with Crippen molar-refractivity contribution in [2.24, 2.45) is 0 Å². The van der Waals surface area contributed by atoms with Crippen LogP contribution in [-0.4, -0.2) is 46.1 Å². The Balaban J connectivity index is 1.61. The fourth-order valence-electron chi connectivity index (χ4n) is 3.17. The number of benzene rings is 1. The zero-order valence-corrected chi connectivity index (χ0v) is 17.9. The molecule has 0 saturated carbocycles. The topological polar surface area (TPSA) is 80.5 Å². The lowest BCUT2D eigenvalue weighted by atomic mass is 10.1. The minimum absolute atomic E-state index is 0.369. The number of halogens is 3. The summed E-state index contributed by atoms with van der Waals surface area (Å²) in [4.78, 5) is 16.9. The van der Waals surface area contributed by atoms with E-state index in [9.17, 15) is 4.79 Å². The Morgan fingerprint density at radius 2 is 2.13 bits per heavy atom. The standard InChI is InChI=1S/C20H17Cl3N4O3/c21-18-11-27(6-7-29-18)16-4-5-24-10-14(16)15-9-17(30-26-15)12-2-1-3-13(8-12)25-20(28)19(22)23/h1-5,8-10,18-19H,6-7,11H2,(H,25,28). The summed E-state index contributed by atoms with van der Waals surface area (Å²) in [7, 11) is 0. The van der Waals surface area contributed by atoms with Crippen molar-refractivity contribution in [3.8, 4) is 22.6 Å². The van der Waals surface area contributed by atoms with Gasteiger partial charge in [0, 0.05) is 47.5 Å². The van der Waals surface area contributed by atoms with Gasteiger partial charge >= 0.3 is 0 Å². The summed E-state index contributed by atoms with van der Waals surface area (Å²) in [5, 5.41) is 6.86. The quantitative estimate of drug-likeness (QED) is 0.555. The Labute approximate surface area is 187 Å². The number of pyridine rings is 1. The van der Waals surface area contributed by atoms with Gasteiger partial charge in [0.25, 0.3) is 5.91 Å². The van der Waals surface area contributed by atoms with E-state index in [2.05, 4.69) is 20.4 Å². The van der Waals surface area contributed by atoms with E-state index in [1.807, 2.05) is 18.2 Å². The van der Waals surface area contributed by atoms with E-state index in [4.69, 9.17) is 44.1 Å². The van der Waals surface area contributed by atoms with Crippen molar-refractivity contribution in [3.05, 3.63) is 48.8 Å². The number of anilines is 2. The number of carbonyl (C=O) groups excluding carboxylic acids is 1. The monoisotopic (exact) mass is 466 g/mol. The Kier molecular flexibility index (Phi) is 6.43. The number of morpholine rings is 1. The Morgan fingerprint density at radius 3 is 2.93 bits per heavy atom. The molecule has 1 aliphatic heterocycles. The maximum Gasteiger partial charge on any atom is 0.257 e. The Morgan fingerprint density at radius 1 is 1.27 bits per heavy atom. The van der Waals surface area contributed by atoms with E-state index < -0.39 is 10.7 Å². The first kappa shape index (κ1) is 20.9. The third-order valence-electron chi connectivity index (χ3n) is 4.56. The molecule has 4 rings (SSSR count). The van der Waals surface area contributed by atoms with Gasteiger partial charge in [0.2, 0.25) is 0 Å². The molecule has 1 N–H and O–H groups in total. The van der Waals surface area contributed by atoms with Gasteiger partial charge in [0.1, 0.15) is 11.3 Å². The van der Waals surface area contributed by atoms with Gasteiger partial charge in [-0.05, 0) is 18.2 Å². The predicted molar refractivity (Wildman–Crippen MR) is 117 cm³/mol. The van der Waals surface area contributed by atoms with Crippen molar-refractivity contribution in [1.82, 2.24) is 10.1 Å². The molecule has 0 aliphatic carbocycles. The molecule has 7 nitrogen and oxygen atoms in total. The van der Waals surface area contributed by atoms with E-state index in [0.717, 1.165) is 23.4 Å². The van der Waals surface area contributed by atoms with Crippen molar-refractivity contribution in [3.63, 3.8) is 0 Å². The highest BCUT2D eigenvalue weighted by Crippen LogP contribution is 2.33. The van der Waals surface area contributed by atoms with Gasteiger partial charge in [0.05, 0.1) is 13.2 Å². The smallest absolute Gasteiger partial charge is 0.257 e. The van der Waals surface area contributed by atoms with Gasteiger partial charge in [-0.1, -0.05) is 52.1 Å². The van der Waals surface area contributed by atoms with Gasteiger partial charge in [-0.2, -0.15) is 0 Å². The average Bonchev–Trinajstić information content (AvgIpc) is 3.24. The minimum Gasteiger partial charge on any atom is -0.365 e. The highest BCUT2D eigenvalue weighted by molar-refractivity contribution is 6.54. The van der Waals surface area contributed by atoms with E-state index >= 15 is 0 Å². The van der Waals surface area contributed by atoms with Crippen molar-refractivity contribution in [2.45, 2.75) is 10.4 Å². The van der Waals surface area contributed by atoms with Gasteiger partial charge < -0.3 is 19.5 Å². The van der Waals surface area contributed by atoms with Gasteiger partial charge in [-0.3, -0.25) is 9.78 Å². The molecule has 1 aromatic carbocycles. The highest BCUT2D eigenvalue weighted by atomic mass is 35.5. The molecule has 0 bridgehead atoms. The normalized spacial score (nSPS) is 16.7. The van der Waals surface area contributed by atoms with Crippen LogP contribution in [0.2, 0.25) is 0 Å². The van der Waals surface area contributed by atoms with E-state index in [1.54, 1.807) is 30.6 Å². The Bertz CT molecular complexity index is 1040. The largest absolute Gasteiger partial charge is 0.365 e. The number of hydrogen-bond acceptors (Lipinski definition) is 6. The molecule has 1 aliphatic rings. The first-order valence-electron chi connectivity index (χ1n) is 9.12. The van der Waals surface area contributed by atoms with Crippen molar-refractivity contribution in [2.75, 3.05) is 29.9 Å². The molecular formula is C20H17Cl3N4O3. The second kappa shape index (κ2) is 9.22. The van der Waals surface area contributed by atoms with Crippen LogP contribution in [0.5, 0.6) is 0 Å². The van der Waals surface area contributed by atoms with Crippen LogP contribution in [-0.2, 0) is 9.53 Å². The number of alkyl halides is 3. The van der Waals surface area contributed by atoms with Crippen LogP contribution in [0.15, 0.2) is 53.3 Å². The summed E-state index contributed by atoms with van der Waals surface area (Å²) < 4.78 is 11.0. The number of ether oxygens (including phenoxy) is 1. The molecule has 1 atom stereocenters. The molecule has 0 radical (unpaired) electrons. The fourth-order valence-corrected chi connectivity index (χ4v) is 3.54. The number of amides is 1. The summed E-state index contributed by atoms with van der Waals surface area (Å²) in [5.74, 6) is 0.0400. The second-order valence-corrected chi connectivity index (χ2v) is 8.15. The number of aromatic nitrogens is 2. The molecule has 1 fully saturated rings. The fraction of sp³-hybridized carbons (Fsp3) is 0.250. The lowest BCUT2D eigenvalue weighted by Crippen LogP contribution is -2.40. The first-order chi connectivity index (χ1) is 14.5. The first-order valence-corrected chi connectivity index (χ1v) is 10.4. The van der Waals surface area contributed by atoms with Crippen LogP contribution in [0.1, 0.15) is 0 Å². The summed E-state index contributed by atoms with van der Waals surface area (Å²) in [6, 6.07) is 10.9. The molecule has 2 aromatic heterocycles. The van der Waals surface area contributed by atoms with Crippen LogP contribution in [0, 0.1) is 0 Å². The summed E-state index contributed by atoms with van der Waals surface area (Å²) in [5.41, 5.74) is 3.34. The predicted octanol–water partition coefficient (Wildman–Crippen LogP) is 4.55. The number of nitrogens with one attached hydrogen (secondary N) is 1. The molecule has 30 heavy (non-hydrogen) atoms. The van der Waals surface area contributed by atoms with Crippen LogP contribution >= 0.6 is 34.8 Å². The SMILES string of the molecule is O=C(Nc1cccc(-c2cc(-c3cnccc3N3CCOC(Cl)C3)no2)c1)C(Cl)Cl. The van der Waals surface area contributed by atoms with Gasteiger partial charge in [0.15, 0.2) is 10.6 Å². The van der Waals surface area contributed by atoms with E-state index in [1.165, 1.54) is 0 Å². The highest BCUT2D eigenvalue weighted by Gasteiger charge is 2.22. The average molecular weight is 468 g/mol. The maximum atomic E-state index is 11.7. The third-order valence-corrected chi connectivity index (χ3v) is 5.22. The number of nitrogens with zero attached hydrogens (tertiary/aromatic N) is 3. The molecule has 156 valence electrons. The molecule has 10 heteroatoms. The summed E-state index contributed by atoms with van der Waals surface area (Å²) >= 11 is 17.3. The maximum absolute atomic E-state index is 11.7. The number of carbonyl (C=O) groups is 1. The Hall–Kier alpha value is -2.32. The minimum atomic E-state index is -1.15. The van der Waals surface area contributed by atoms with E-state index in [-0.39, 0.29) is 5.56 Å². The molecule has 1 unspecified atom stereocenters. The zero-order valence-electron chi connectivity index (χ0n) is 15.6. The summed E-state index contributed by atoms with van der Waals surface area (Å²) in [6.07, 6.45) is 3.47. The van der Waals surface area contributed by atoms with Crippen molar-refractivity contribution in [1.29, 1.82) is 0 Å². The number of rotatable bonds is 5. The molecular weight excluding hydrogens is 451 g/mol. The zero-order chi connectivity index (χ0) is 21.1. The van der Waals surface area contributed by atoms with Gasteiger partial charge in [-0.15, -0.1) is 0 Å². The molecule has 1 amide bonds. The van der Waals surface area contributed by atoms with Gasteiger partial charge in [-0.25, -0.2) is 0 Å². The molecule has 3 aromatic rings. The number of hydrogen-bond donors (Lipinski definition) is 1. The molecule has 0 spiro atoms. The molecule has 1 saturated heterocycles.